The molecule has 0 amide bonds. The van der Waals surface area contributed by atoms with Gasteiger partial charge in [0.15, 0.2) is 0 Å². The van der Waals surface area contributed by atoms with Gasteiger partial charge in [-0.25, -0.2) is 0 Å². The SMILES string of the molecule is [I][Pt]([I])([I])[I].[KH]. The standard InChI is InChI=1S/4HI.K.Pt.H/h4*1H;;;/q;;;;;+4;/p-4. The zero-order valence-corrected chi connectivity index (χ0v) is 12.7. The molecule has 0 aromatic rings. The molecule has 6 heteroatoms. The molecule has 0 radical (unpaired) electrons. The van der Waals surface area contributed by atoms with Crippen molar-refractivity contribution in [2.75, 3.05) is 0 Å². The summed E-state index contributed by atoms with van der Waals surface area (Å²) in [5, 5.41) is 0. The van der Waals surface area contributed by atoms with Crippen LogP contribution in [0.3, 0.4) is 0 Å². The predicted octanol–water partition coefficient (Wildman–Crippen LogP) is 2.89. The van der Waals surface area contributed by atoms with E-state index in [0.717, 1.165) is 0 Å². The molecular formula is HI4KPt. The maximum absolute atomic E-state index is 2.52. The van der Waals surface area contributed by atoms with Crippen LogP contribution in [-0.2, 0) is 1.33 Å². The van der Waals surface area contributed by atoms with Gasteiger partial charge in [0.2, 0.25) is 0 Å². The molecule has 0 spiro atoms. The Labute approximate surface area is 125 Å². The Bertz CT molecular complexity index is 23.0. The molecule has 0 rings (SSSR count). The zero-order valence-electron chi connectivity index (χ0n) is 1.83. The van der Waals surface area contributed by atoms with Gasteiger partial charge in [0, 0.05) is 0 Å². The molecule has 6 heavy (non-hydrogen) atoms. The molecule has 0 heterocycles. The second-order valence-electron chi connectivity index (χ2n) is 0.271. The van der Waals surface area contributed by atoms with Crippen LogP contribution in [-0.4, -0.2) is 51.4 Å². The molecule has 0 aliphatic carbocycles. The summed E-state index contributed by atoms with van der Waals surface area (Å²) in [7, 11) is 0. The summed E-state index contributed by atoms with van der Waals surface area (Å²) in [5.41, 5.74) is 0. The van der Waals surface area contributed by atoms with Gasteiger partial charge in [0.05, 0.1) is 0 Å². The molecule has 40 valence electrons. The van der Waals surface area contributed by atoms with Gasteiger partial charge in [-0.3, -0.25) is 0 Å². The Morgan fingerprint density at radius 1 is 0.833 bits per heavy atom. The summed E-state index contributed by atoms with van der Waals surface area (Å²) in [4.78, 5) is 0. The summed E-state index contributed by atoms with van der Waals surface area (Å²) in [5.74, 6) is 0. The fourth-order valence-electron chi connectivity index (χ4n) is 0. The molecular weight excluding hydrogens is 742 g/mol. The number of hydrogen-bond donors (Lipinski definition) is 0. The average Bonchev–Trinajstić information content (AvgIpc) is 0.722. The number of halogens is 4. The fraction of sp³-hybridized carbons (Fsp3) is 0. The molecule has 0 saturated heterocycles. The van der Waals surface area contributed by atoms with Crippen LogP contribution in [0.2, 0.25) is 0 Å². The number of hydrogen-bond acceptors (Lipinski definition) is 0. The van der Waals surface area contributed by atoms with Crippen LogP contribution < -0.4 is 0 Å². The third kappa shape index (κ3) is 22.8. The molecule has 0 nitrogen and oxygen atoms in total. The summed E-state index contributed by atoms with van der Waals surface area (Å²) in [6.07, 6.45) is 0. The van der Waals surface area contributed by atoms with Crippen molar-refractivity contribution in [2.24, 2.45) is 0 Å². The summed E-state index contributed by atoms with van der Waals surface area (Å²) in [6.45, 7) is 0. The van der Waals surface area contributed by atoms with E-state index < -0.39 is 1.33 Å². The molecule has 0 atom stereocenters. The van der Waals surface area contributed by atoms with Gasteiger partial charge in [0.1, 0.15) is 0 Å². The quantitative estimate of drug-likeness (QED) is 0.265. The van der Waals surface area contributed by atoms with Crippen LogP contribution in [0.1, 0.15) is 0 Å². The van der Waals surface area contributed by atoms with Crippen LogP contribution in [0.4, 0.5) is 0 Å². The van der Waals surface area contributed by atoms with E-state index in [-0.39, 0.29) is 51.4 Å². The third-order valence-corrected chi connectivity index (χ3v) is 0. The second-order valence-corrected chi connectivity index (χ2v) is 99.8. The van der Waals surface area contributed by atoms with Gasteiger partial charge in [-0.05, 0) is 0 Å². The van der Waals surface area contributed by atoms with Crippen molar-refractivity contribution in [1.82, 2.24) is 0 Å². The molecule has 0 unspecified atom stereocenters. The van der Waals surface area contributed by atoms with Crippen LogP contribution in [0.25, 0.3) is 0 Å². The van der Waals surface area contributed by atoms with Crippen LogP contribution in [0.5, 0.6) is 0 Å². The first-order chi connectivity index (χ1) is 2.00. The van der Waals surface area contributed by atoms with Crippen molar-refractivity contribution in [3.8, 4) is 0 Å². The summed E-state index contributed by atoms with van der Waals surface area (Å²) < 4.78 is -1.06. The van der Waals surface area contributed by atoms with E-state index >= 15 is 0 Å². The normalized spacial score (nSPS) is 12.7. The van der Waals surface area contributed by atoms with Crippen LogP contribution in [0, 0.1) is 0 Å². The fourth-order valence-corrected chi connectivity index (χ4v) is 0. The van der Waals surface area contributed by atoms with E-state index in [4.69, 9.17) is 0 Å². The Balaban J connectivity index is 0. The third-order valence-electron chi connectivity index (χ3n) is 0. The summed E-state index contributed by atoms with van der Waals surface area (Å²) >= 11 is 10.1. The van der Waals surface area contributed by atoms with Crippen molar-refractivity contribution in [3.05, 3.63) is 0 Å². The Morgan fingerprint density at radius 3 is 0.833 bits per heavy atom. The van der Waals surface area contributed by atoms with Crippen LogP contribution in [0.15, 0.2) is 0 Å². The summed E-state index contributed by atoms with van der Waals surface area (Å²) in [6, 6.07) is 0. The van der Waals surface area contributed by atoms with Gasteiger partial charge in [0.25, 0.3) is 0 Å². The molecule has 0 aromatic heterocycles. The average molecular weight is 743 g/mol. The van der Waals surface area contributed by atoms with Crippen molar-refractivity contribution in [2.45, 2.75) is 0 Å². The minimum atomic E-state index is -1.06. The van der Waals surface area contributed by atoms with E-state index in [0.29, 0.717) is 0 Å². The predicted molar refractivity (Wildman–Crippen MR) is 63.2 cm³/mol. The second kappa shape index (κ2) is 6.92. The van der Waals surface area contributed by atoms with E-state index in [2.05, 4.69) is 77.4 Å². The Morgan fingerprint density at radius 2 is 0.833 bits per heavy atom. The monoisotopic (exact) mass is 743 g/mol. The number of rotatable bonds is 0. The van der Waals surface area contributed by atoms with E-state index in [9.17, 15) is 0 Å². The molecule has 0 fully saturated rings. The van der Waals surface area contributed by atoms with E-state index in [1.165, 1.54) is 0 Å². The van der Waals surface area contributed by atoms with Gasteiger partial charge >= 0.3 is 130 Å². The van der Waals surface area contributed by atoms with E-state index in [1.54, 1.807) is 0 Å². The van der Waals surface area contributed by atoms with Gasteiger partial charge < -0.3 is 0 Å². The first kappa shape index (κ1) is 13.8. The first-order valence-corrected chi connectivity index (χ1v) is 26.3. The van der Waals surface area contributed by atoms with Gasteiger partial charge in [-0.15, -0.1) is 0 Å². The molecule has 0 aromatic carbocycles. The van der Waals surface area contributed by atoms with Crippen molar-refractivity contribution >= 4 is 129 Å². The molecule has 0 N–H and O–H groups in total. The van der Waals surface area contributed by atoms with Crippen molar-refractivity contribution in [1.29, 1.82) is 0 Å². The zero-order chi connectivity index (χ0) is 4.50. The van der Waals surface area contributed by atoms with Gasteiger partial charge in [-0.2, -0.15) is 0 Å². The van der Waals surface area contributed by atoms with Crippen molar-refractivity contribution < 1.29 is 1.33 Å². The Kier molecular flexibility index (Phi) is 15.9. The molecule has 0 saturated carbocycles. The molecule has 0 aliphatic rings. The van der Waals surface area contributed by atoms with Gasteiger partial charge in [-0.1, -0.05) is 0 Å². The van der Waals surface area contributed by atoms with E-state index in [1.807, 2.05) is 0 Å². The topological polar surface area (TPSA) is 0 Å². The minimum absolute atomic E-state index is 0. The maximum atomic E-state index is 2.52. The Hall–Kier alpha value is 5.24. The molecule has 0 aliphatic heterocycles. The van der Waals surface area contributed by atoms with Crippen molar-refractivity contribution in [3.63, 3.8) is 0 Å². The first-order valence-electron chi connectivity index (χ1n) is 0.478. The molecule has 0 bridgehead atoms. The van der Waals surface area contributed by atoms with Crippen LogP contribution >= 0.6 is 77.4 Å².